The minimum atomic E-state index is -1.80. The van der Waals surface area contributed by atoms with Crippen LogP contribution >= 0.6 is 0 Å². The fourth-order valence-electron chi connectivity index (χ4n) is 11.8. The molecule has 12 atom stereocenters. The number of nitrogens with one attached hydrogen (secondary N) is 1. The van der Waals surface area contributed by atoms with Crippen molar-refractivity contribution in [3.05, 3.63) is 158 Å². The molecule has 2 aliphatic heterocycles. The first-order valence-electron chi connectivity index (χ1n) is 39.2. The third-order valence-corrected chi connectivity index (χ3v) is 17.9. The molecule has 564 valence electrons. The summed E-state index contributed by atoms with van der Waals surface area (Å²) >= 11 is 0. The third kappa shape index (κ3) is 49.8. The molecule has 9 N–H and O–H groups in total. The normalized spacial score (nSPS) is 22.8. The number of hydrogen-bond acceptors (Lipinski definition) is 13. The topological polar surface area (TPSA) is 228 Å². The van der Waals surface area contributed by atoms with Gasteiger partial charge in [-0.2, -0.15) is 0 Å². The molecule has 0 aromatic carbocycles. The second-order valence-electron chi connectivity index (χ2n) is 26.7. The Kier molecular flexibility index (Phi) is 61.2. The van der Waals surface area contributed by atoms with Crippen LogP contribution in [0, 0.1) is 0 Å². The van der Waals surface area contributed by atoms with E-state index in [0.29, 0.717) is 12.8 Å². The van der Waals surface area contributed by atoms with E-state index in [2.05, 4.69) is 165 Å². The lowest BCUT2D eigenvalue weighted by molar-refractivity contribution is -0.359. The molecule has 14 nitrogen and oxygen atoms in total. The highest BCUT2D eigenvalue weighted by Gasteiger charge is 2.51. The number of rotatable bonds is 63. The Bertz CT molecular complexity index is 2280. The fourth-order valence-corrected chi connectivity index (χ4v) is 11.8. The van der Waals surface area contributed by atoms with E-state index in [1.165, 1.54) is 128 Å². The van der Waals surface area contributed by atoms with E-state index >= 15 is 0 Å². The van der Waals surface area contributed by atoms with E-state index in [0.717, 1.165) is 116 Å². The summed E-state index contributed by atoms with van der Waals surface area (Å²) in [7, 11) is 0. The summed E-state index contributed by atoms with van der Waals surface area (Å²) in [5.41, 5.74) is 0. The highest BCUT2D eigenvalue weighted by molar-refractivity contribution is 5.76. The van der Waals surface area contributed by atoms with Crippen LogP contribution in [0.5, 0.6) is 0 Å². The lowest BCUT2D eigenvalue weighted by atomic mass is 9.97. The molecule has 0 aromatic rings. The quantitative estimate of drug-likeness (QED) is 0.0204. The van der Waals surface area contributed by atoms with Gasteiger partial charge in [-0.25, -0.2) is 0 Å². The zero-order chi connectivity index (χ0) is 71.5. The SMILES string of the molecule is CC/C=C\C/C=C\C/C=C\C/C=C\C/C=C\C/C=C\C/C=C\C/C=C\C/C=C\C/C=C\CCCCCCCCCCCCC(=O)NC(COC1OC(CO)C(OC2OC(CO)C(O)C(O)C2O)C(O)C1O)C(O)/C=C/CC/C=C/CC/C=C/CCCCCCCCCCCCCCCC. The molecule has 0 bridgehead atoms. The summed E-state index contributed by atoms with van der Waals surface area (Å²) in [6.45, 7) is 2.67. The minimum Gasteiger partial charge on any atom is -0.394 e. The van der Waals surface area contributed by atoms with Crippen molar-refractivity contribution in [2.24, 2.45) is 0 Å². The van der Waals surface area contributed by atoms with Crippen molar-refractivity contribution in [3.63, 3.8) is 0 Å². The van der Waals surface area contributed by atoms with Crippen LogP contribution in [0.3, 0.4) is 0 Å². The summed E-state index contributed by atoms with van der Waals surface area (Å²) in [4.78, 5) is 13.4. The molecule has 0 spiro atoms. The van der Waals surface area contributed by atoms with Crippen LogP contribution in [0.2, 0.25) is 0 Å². The van der Waals surface area contributed by atoms with Crippen molar-refractivity contribution in [2.45, 2.75) is 351 Å². The van der Waals surface area contributed by atoms with Gasteiger partial charge in [-0.15, -0.1) is 0 Å². The lowest BCUT2D eigenvalue weighted by Gasteiger charge is -2.46. The molecule has 99 heavy (non-hydrogen) atoms. The van der Waals surface area contributed by atoms with Crippen molar-refractivity contribution in [3.8, 4) is 0 Å². The predicted molar refractivity (Wildman–Crippen MR) is 410 cm³/mol. The highest BCUT2D eigenvalue weighted by Crippen LogP contribution is 2.30. The summed E-state index contributed by atoms with van der Waals surface area (Å²) in [5.74, 6) is -0.262. The summed E-state index contributed by atoms with van der Waals surface area (Å²) < 4.78 is 22.9. The molecular formula is C85H141NO13. The van der Waals surface area contributed by atoms with Crippen LogP contribution in [0.1, 0.15) is 277 Å². The van der Waals surface area contributed by atoms with Gasteiger partial charge in [0.1, 0.15) is 48.8 Å². The second-order valence-corrected chi connectivity index (χ2v) is 26.7. The molecule has 0 aliphatic carbocycles. The molecule has 2 aliphatic rings. The van der Waals surface area contributed by atoms with Crippen molar-refractivity contribution in [1.29, 1.82) is 0 Å². The van der Waals surface area contributed by atoms with Crippen molar-refractivity contribution in [2.75, 3.05) is 19.8 Å². The standard InChI is InChI=1S/C85H141NO13/c1-3-5-7-9-11-13-15-17-19-21-23-25-27-29-30-31-32-33-34-35-36-37-38-39-40-41-42-43-44-45-47-49-51-53-55-57-59-61-63-65-67-69-77(90)86-73(72-96-84-82(95)80(93)83(76(71-88)98-84)99-85-81(94)79(92)78(91)75(70-87)97-85)74(89)68-66-64-62-60-58-56-54-52-50-48-46-28-26-24-22-20-18-16-14-12-10-8-6-4-2/h5,7,11,13,17,19,23,25,29-30,32-33,35-36,38-39,41-42,44-45,50,52,58,60,66,68,73-76,78-85,87-89,91-95H,3-4,6,8-10,12,14-16,18,20-22,24,26-28,31,34,37,40,43,46-49,51,53-57,59,61-65,67,69-72H2,1-2H3,(H,86,90)/b7-5-,13-11-,19-17-,25-23-,30-29-,33-32-,36-35-,39-38-,42-41-,45-44-,52-50+,60-58+,68-66+. The van der Waals surface area contributed by atoms with Gasteiger partial charge in [0.25, 0.3) is 0 Å². The van der Waals surface area contributed by atoms with E-state index in [1.807, 2.05) is 6.08 Å². The lowest BCUT2D eigenvalue weighted by Crippen LogP contribution is -2.65. The zero-order valence-corrected chi connectivity index (χ0v) is 61.7. The summed E-state index contributed by atoms with van der Waals surface area (Å²) in [6.07, 6.45) is 85.9. The smallest absolute Gasteiger partial charge is 0.220 e. The Morgan fingerprint density at radius 3 is 1.11 bits per heavy atom. The average Bonchev–Trinajstić information content (AvgIpc) is 0.799. The third-order valence-electron chi connectivity index (χ3n) is 17.9. The van der Waals surface area contributed by atoms with Gasteiger partial charge >= 0.3 is 0 Å². The molecule has 14 heteroatoms. The summed E-state index contributed by atoms with van der Waals surface area (Å²) in [6, 6.07) is -0.953. The van der Waals surface area contributed by atoms with Gasteiger partial charge in [-0.1, -0.05) is 307 Å². The minimum absolute atomic E-state index is 0.255. The monoisotopic (exact) mass is 1380 g/mol. The first kappa shape index (κ1) is 90.7. The van der Waals surface area contributed by atoms with Gasteiger partial charge in [0, 0.05) is 6.42 Å². The first-order chi connectivity index (χ1) is 48.6. The number of aliphatic hydroxyl groups is 8. The van der Waals surface area contributed by atoms with Crippen LogP contribution in [0.4, 0.5) is 0 Å². The summed E-state index contributed by atoms with van der Waals surface area (Å²) in [5, 5.41) is 87.6. The number of hydrogen-bond donors (Lipinski definition) is 9. The van der Waals surface area contributed by atoms with E-state index in [9.17, 15) is 45.6 Å². The number of amides is 1. The molecule has 0 saturated carbocycles. The Morgan fingerprint density at radius 2 is 0.707 bits per heavy atom. The van der Waals surface area contributed by atoms with Gasteiger partial charge in [0.15, 0.2) is 12.6 Å². The maximum Gasteiger partial charge on any atom is 0.220 e. The Hall–Kier alpha value is -4.39. The molecule has 2 fully saturated rings. The number of carbonyl (C=O) groups is 1. The molecule has 12 unspecified atom stereocenters. The fraction of sp³-hybridized carbons (Fsp3) is 0.682. The van der Waals surface area contributed by atoms with Crippen LogP contribution in [-0.4, -0.2) is 140 Å². The molecule has 2 rings (SSSR count). The van der Waals surface area contributed by atoms with E-state index in [1.54, 1.807) is 6.08 Å². The number of aliphatic hydroxyl groups excluding tert-OH is 8. The number of ether oxygens (including phenoxy) is 4. The van der Waals surface area contributed by atoms with Gasteiger partial charge in [0.05, 0.1) is 32.0 Å². The average molecular weight is 1390 g/mol. The number of unbranched alkanes of at least 4 members (excludes halogenated alkanes) is 26. The van der Waals surface area contributed by atoms with Gasteiger partial charge < -0.3 is 65.1 Å². The van der Waals surface area contributed by atoms with Crippen LogP contribution in [0.15, 0.2) is 158 Å². The maximum atomic E-state index is 13.4. The second kappa shape index (κ2) is 66.8. The van der Waals surface area contributed by atoms with E-state index in [-0.39, 0.29) is 18.9 Å². The molecular weight excluding hydrogens is 1240 g/mol. The Balaban J connectivity index is 1.65. The molecule has 2 saturated heterocycles. The van der Waals surface area contributed by atoms with E-state index in [4.69, 9.17) is 18.9 Å². The van der Waals surface area contributed by atoms with Crippen molar-refractivity contribution < 1.29 is 64.6 Å². The van der Waals surface area contributed by atoms with Crippen molar-refractivity contribution in [1.82, 2.24) is 5.32 Å². The van der Waals surface area contributed by atoms with Crippen LogP contribution < -0.4 is 5.32 Å². The van der Waals surface area contributed by atoms with Crippen LogP contribution in [-0.2, 0) is 23.7 Å². The van der Waals surface area contributed by atoms with Crippen molar-refractivity contribution >= 4 is 5.91 Å². The zero-order valence-electron chi connectivity index (χ0n) is 61.7. The molecule has 0 aromatic heterocycles. The highest BCUT2D eigenvalue weighted by atomic mass is 16.7. The van der Waals surface area contributed by atoms with Gasteiger partial charge in [-0.05, 0) is 122 Å². The first-order valence-corrected chi connectivity index (χ1v) is 39.2. The van der Waals surface area contributed by atoms with Gasteiger partial charge in [-0.3, -0.25) is 4.79 Å². The molecule has 2 heterocycles. The molecule has 0 radical (unpaired) electrons. The van der Waals surface area contributed by atoms with Gasteiger partial charge in [0.2, 0.25) is 5.91 Å². The number of allylic oxidation sites excluding steroid dienone is 25. The van der Waals surface area contributed by atoms with E-state index < -0.39 is 86.8 Å². The van der Waals surface area contributed by atoms with Crippen LogP contribution in [0.25, 0.3) is 0 Å². The number of carbonyl (C=O) groups excluding carboxylic acids is 1. The Labute approximate surface area is 601 Å². The largest absolute Gasteiger partial charge is 0.394 e. The predicted octanol–water partition coefficient (Wildman–Crippen LogP) is 17.7. The molecule has 1 amide bonds. The maximum absolute atomic E-state index is 13.4. The Morgan fingerprint density at radius 1 is 0.374 bits per heavy atom.